The van der Waals surface area contributed by atoms with Gasteiger partial charge in [0.1, 0.15) is 0 Å². The van der Waals surface area contributed by atoms with Crippen molar-refractivity contribution in [3.63, 3.8) is 0 Å². The lowest BCUT2D eigenvalue weighted by atomic mass is 10.4. The topological polar surface area (TPSA) is 34.0 Å². The fourth-order valence-electron chi connectivity index (χ4n) is 1.39. The maximum Gasteiger partial charge on any atom is 0.188 e. The molecule has 3 nitrogen and oxygen atoms in total. The van der Waals surface area contributed by atoms with E-state index in [9.17, 15) is 0 Å². The first kappa shape index (κ1) is 13.5. The van der Waals surface area contributed by atoms with E-state index in [-0.39, 0.29) is 12.4 Å². The lowest BCUT2D eigenvalue weighted by Crippen LogP contribution is -2.08. The van der Waals surface area contributed by atoms with Crippen molar-refractivity contribution in [3.8, 4) is 0 Å². The molecule has 0 aromatic heterocycles. The molecule has 0 heterocycles. The van der Waals surface area contributed by atoms with Gasteiger partial charge in [-0.25, -0.2) is 0 Å². The van der Waals surface area contributed by atoms with E-state index < -0.39 is 0 Å². The van der Waals surface area contributed by atoms with E-state index in [1.807, 2.05) is 13.8 Å². The fourth-order valence-corrected chi connectivity index (χ4v) is 1.39. The van der Waals surface area contributed by atoms with Gasteiger partial charge >= 0.3 is 0 Å². The Morgan fingerprint density at radius 2 is 1.31 bits per heavy atom. The Bertz CT molecular complexity index is 253. The Morgan fingerprint density at radius 3 is 1.62 bits per heavy atom. The molecule has 0 bridgehead atoms. The molecule has 0 aromatic rings. The van der Waals surface area contributed by atoms with E-state index in [1.54, 1.807) is 0 Å². The lowest BCUT2D eigenvalue weighted by molar-refractivity contribution is 0.524. The number of hydrogen-bond acceptors (Lipinski definition) is 3. The molecule has 2 fully saturated rings. The van der Waals surface area contributed by atoms with Crippen molar-refractivity contribution in [3.05, 3.63) is 0 Å². The number of ether oxygens (including phenoxy) is 1. The lowest BCUT2D eigenvalue weighted by Gasteiger charge is -2.03. The van der Waals surface area contributed by atoms with E-state index in [1.165, 1.54) is 25.7 Å². The molecule has 0 atom stereocenters. The standard InChI is InChI=1S/C12H20N2O.ClH/c1-9(13-7-11-3-4-11)15-10(2)14-8-12-5-6-12;/h11-12H,3-8H2,1-2H3;1H. The van der Waals surface area contributed by atoms with Crippen LogP contribution >= 0.6 is 12.4 Å². The zero-order valence-corrected chi connectivity index (χ0v) is 10.9. The van der Waals surface area contributed by atoms with Crippen LogP contribution in [-0.4, -0.2) is 24.9 Å². The molecule has 0 radical (unpaired) electrons. The normalized spacial score (nSPS) is 21.6. The first-order valence-corrected chi connectivity index (χ1v) is 5.94. The molecule has 0 unspecified atom stereocenters. The maximum atomic E-state index is 5.51. The van der Waals surface area contributed by atoms with Crippen LogP contribution in [0.5, 0.6) is 0 Å². The highest BCUT2D eigenvalue weighted by Gasteiger charge is 2.21. The minimum atomic E-state index is 0. The average Bonchev–Trinajstić information content (AvgIpc) is 3.04. The molecular formula is C12H21ClN2O. The number of hydrogen-bond donors (Lipinski definition) is 0. The Morgan fingerprint density at radius 1 is 0.938 bits per heavy atom. The fraction of sp³-hybridized carbons (Fsp3) is 0.833. The Kier molecular flexibility index (Phi) is 5.26. The second-order valence-electron chi connectivity index (χ2n) is 4.71. The minimum Gasteiger partial charge on any atom is -0.430 e. The van der Waals surface area contributed by atoms with Crippen LogP contribution in [0.15, 0.2) is 9.98 Å². The summed E-state index contributed by atoms with van der Waals surface area (Å²) in [6.07, 6.45) is 5.36. The predicted molar refractivity (Wildman–Crippen MR) is 69.7 cm³/mol. The van der Waals surface area contributed by atoms with Crippen LogP contribution in [-0.2, 0) is 4.74 Å². The second-order valence-corrected chi connectivity index (χ2v) is 4.71. The van der Waals surface area contributed by atoms with Gasteiger partial charge in [-0.05, 0) is 37.5 Å². The molecule has 0 amide bonds. The molecule has 2 aliphatic carbocycles. The van der Waals surface area contributed by atoms with Crippen LogP contribution in [0.1, 0.15) is 39.5 Å². The van der Waals surface area contributed by atoms with Crippen LogP contribution in [0.2, 0.25) is 0 Å². The van der Waals surface area contributed by atoms with E-state index in [0.717, 1.165) is 36.7 Å². The van der Waals surface area contributed by atoms with Gasteiger partial charge in [0.2, 0.25) is 0 Å². The SMILES string of the molecule is CC(=NCC1CC1)OC(C)=NCC1CC1.Cl. The first-order chi connectivity index (χ1) is 7.24. The van der Waals surface area contributed by atoms with Gasteiger partial charge in [-0.15, -0.1) is 12.4 Å². The van der Waals surface area contributed by atoms with Crippen molar-refractivity contribution in [1.82, 2.24) is 0 Å². The summed E-state index contributed by atoms with van der Waals surface area (Å²) < 4.78 is 5.51. The number of nitrogens with zero attached hydrogens (tertiary/aromatic N) is 2. The van der Waals surface area contributed by atoms with Crippen molar-refractivity contribution >= 4 is 24.2 Å². The zero-order valence-electron chi connectivity index (χ0n) is 10.1. The summed E-state index contributed by atoms with van der Waals surface area (Å²) in [5.74, 6) is 3.18. The Balaban J connectivity index is 0.00000128. The van der Waals surface area contributed by atoms with Gasteiger partial charge < -0.3 is 4.74 Å². The summed E-state index contributed by atoms with van der Waals surface area (Å²) >= 11 is 0. The van der Waals surface area contributed by atoms with Gasteiger partial charge in [-0.1, -0.05) is 0 Å². The van der Waals surface area contributed by atoms with Crippen LogP contribution < -0.4 is 0 Å². The monoisotopic (exact) mass is 244 g/mol. The number of rotatable bonds is 4. The highest BCUT2D eigenvalue weighted by Crippen LogP contribution is 2.29. The van der Waals surface area contributed by atoms with Gasteiger partial charge in [0.05, 0.1) is 0 Å². The van der Waals surface area contributed by atoms with Gasteiger partial charge in [0, 0.05) is 26.9 Å². The molecule has 0 N–H and O–H groups in total. The number of halogens is 1. The van der Waals surface area contributed by atoms with Crippen molar-refractivity contribution in [2.45, 2.75) is 39.5 Å². The second kappa shape index (κ2) is 6.24. The quantitative estimate of drug-likeness (QED) is 0.553. The summed E-state index contributed by atoms with van der Waals surface area (Å²) in [5, 5.41) is 0. The average molecular weight is 245 g/mol. The van der Waals surface area contributed by atoms with Gasteiger partial charge in [0.25, 0.3) is 0 Å². The van der Waals surface area contributed by atoms with Gasteiger partial charge in [-0.2, -0.15) is 0 Å². The Hall–Kier alpha value is -0.570. The predicted octanol–water partition coefficient (Wildman–Crippen LogP) is 3.08. The molecular weight excluding hydrogens is 224 g/mol. The molecule has 0 saturated heterocycles. The molecule has 2 aliphatic rings. The van der Waals surface area contributed by atoms with Crippen molar-refractivity contribution in [1.29, 1.82) is 0 Å². The van der Waals surface area contributed by atoms with E-state index >= 15 is 0 Å². The summed E-state index contributed by atoms with van der Waals surface area (Å²) in [7, 11) is 0. The minimum absolute atomic E-state index is 0. The van der Waals surface area contributed by atoms with Gasteiger partial charge in [-0.3, -0.25) is 9.98 Å². The first-order valence-electron chi connectivity index (χ1n) is 5.94. The third-order valence-electron chi connectivity index (χ3n) is 2.83. The molecule has 4 heteroatoms. The van der Waals surface area contributed by atoms with E-state index in [4.69, 9.17) is 4.74 Å². The van der Waals surface area contributed by atoms with Gasteiger partial charge in [0.15, 0.2) is 11.8 Å². The zero-order chi connectivity index (χ0) is 10.7. The largest absolute Gasteiger partial charge is 0.430 e. The molecule has 0 aliphatic heterocycles. The van der Waals surface area contributed by atoms with Crippen molar-refractivity contribution in [2.24, 2.45) is 21.8 Å². The summed E-state index contributed by atoms with van der Waals surface area (Å²) in [5.41, 5.74) is 0. The molecule has 2 saturated carbocycles. The van der Waals surface area contributed by atoms with Crippen LogP contribution in [0.4, 0.5) is 0 Å². The molecule has 0 spiro atoms. The molecule has 92 valence electrons. The van der Waals surface area contributed by atoms with Crippen molar-refractivity contribution < 1.29 is 4.74 Å². The highest BCUT2D eigenvalue weighted by molar-refractivity contribution is 5.89. The van der Waals surface area contributed by atoms with E-state index in [2.05, 4.69) is 9.98 Å². The number of aliphatic imine (C=N–C) groups is 2. The summed E-state index contributed by atoms with van der Waals surface area (Å²) in [6, 6.07) is 0. The molecule has 0 aromatic carbocycles. The van der Waals surface area contributed by atoms with Crippen LogP contribution in [0.25, 0.3) is 0 Å². The Labute approximate surface area is 104 Å². The van der Waals surface area contributed by atoms with E-state index in [0.29, 0.717) is 0 Å². The van der Waals surface area contributed by atoms with Crippen LogP contribution in [0.3, 0.4) is 0 Å². The smallest absolute Gasteiger partial charge is 0.188 e. The highest BCUT2D eigenvalue weighted by atomic mass is 35.5. The molecule has 2 rings (SSSR count). The summed E-state index contributed by atoms with van der Waals surface area (Å²) in [6.45, 7) is 5.69. The summed E-state index contributed by atoms with van der Waals surface area (Å²) in [4.78, 5) is 8.76. The molecule has 16 heavy (non-hydrogen) atoms. The third kappa shape index (κ3) is 5.50. The maximum absolute atomic E-state index is 5.51. The van der Waals surface area contributed by atoms with Crippen LogP contribution in [0, 0.1) is 11.8 Å². The third-order valence-corrected chi connectivity index (χ3v) is 2.83. The van der Waals surface area contributed by atoms with Crippen molar-refractivity contribution in [2.75, 3.05) is 13.1 Å².